The number of Topliss-reactive ketones (excluding diaryl/α,β-unsaturated/α-hetero) is 2. The molecule has 172 valence electrons. The molecule has 1 unspecified atom stereocenters. The van der Waals surface area contributed by atoms with Gasteiger partial charge in [-0.05, 0) is 50.9 Å². The second-order valence-corrected chi connectivity index (χ2v) is 8.64. The van der Waals surface area contributed by atoms with Crippen molar-refractivity contribution in [1.29, 1.82) is 0 Å². The third-order valence-electron chi connectivity index (χ3n) is 6.01. The molecular weight excluding hydrogens is 384 g/mol. The van der Waals surface area contributed by atoms with Gasteiger partial charge in [0.1, 0.15) is 5.78 Å². The van der Waals surface area contributed by atoms with Gasteiger partial charge in [0.25, 0.3) is 5.78 Å². The highest BCUT2D eigenvalue weighted by Gasteiger charge is 2.38. The fraction of sp³-hybridized carbons (Fsp3) is 0.792. The zero-order valence-electron chi connectivity index (χ0n) is 18.9. The summed E-state index contributed by atoms with van der Waals surface area (Å²) in [6, 6.07) is 0. The number of hydrogen-bond acceptors (Lipinski definition) is 6. The molecule has 3 atom stereocenters. The summed E-state index contributed by atoms with van der Waals surface area (Å²) in [5.74, 6) is -3.83. The zero-order valence-corrected chi connectivity index (χ0v) is 18.9. The Morgan fingerprint density at radius 2 is 1.93 bits per heavy atom. The van der Waals surface area contributed by atoms with Gasteiger partial charge in [-0.3, -0.25) is 9.59 Å². The standard InChI is InChI=1S/C24H40O6/c1-4-11-18(3)12-8-9-13-19-15-16-21(25)20(19)14-7-6-10-17-24(28,29)22(26)23(27)30-5-2/h9,13,18-20,28-29H,4-8,10-12,14-17H2,1-3H3/t18?,19-,20+/m0/s1. The Hall–Kier alpha value is -1.53. The van der Waals surface area contributed by atoms with Crippen LogP contribution in [-0.2, 0) is 19.1 Å². The molecule has 0 aromatic carbocycles. The van der Waals surface area contributed by atoms with Crippen molar-refractivity contribution in [2.24, 2.45) is 17.8 Å². The summed E-state index contributed by atoms with van der Waals surface area (Å²) < 4.78 is 4.52. The molecule has 6 nitrogen and oxygen atoms in total. The van der Waals surface area contributed by atoms with E-state index in [1.807, 2.05) is 0 Å². The lowest BCUT2D eigenvalue weighted by Gasteiger charge is -2.19. The van der Waals surface area contributed by atoms with Gasteiger partial charge >= 0.3 is 5.97 Å². The van der Waals surface area contributed by atoms with Crippen molar-refractivity contribution in [1.82, 2.24) is 0 Å². The predicted octanol–water partition coefficient (Wildman–Crippen LogP) is 4.12. The summed E-state index contributed by atoms with van der Waals surface area (Å²) in [5.41, 5.74) is 0. The lowest BCUT2D eigenvalue weighted by atomic mass is 9.89. The topological polar surface area (TPSA) is 101 Å². The Bertz CT molecular complexity index is 580. The largest absolute Gasteiger partial charge is 0.460 e. The Labute approximate surface area is 181 Å². The van der Waals surface area contributed by atoms with Crippen molar-refractivity contribution < 1.29 is 29.3 Å². The number of aliphatic hydroxyl groups is 2. The first kappa shape index (κ1) is 26.5. The van der Waals surface area contributed by atoms with Crippen molar-refractivity contribution in [3.63, 3.8) is 0 Å². The maximum atomic E-state index is 12.2. The van der Waals surface area contributed by atoms with Gasteiger partial charge < -0.3 is 14.9 Å². The van der Waals surface area contributed by atoms with E-state index in [-0.39, 0.29) is 18.9 Å². The number of unbranched alkanes of at least 4 members (excludes halogenated alkanes) is 2. The van der Waals surface area contributed by atoms with E-state index in [2.05, 4.69) is 30.7 Å². The number of carbonyl (C=O) groups is 3. The molecule has 1 rings (SSSR count). The molecule has 0 spiro atoms. The lowest BCUT2D eigenvalue weighted by Crippen LogP contribution is -2.43. The van der Waals surface area contributed by atoms with Crippen molar-refractivity contribution in [2.75, 3.05) is 6.61 Å². The molecule has 1 fully saturated rings. The molecule has 6 heteroatoms. The first-order valence-corrected chi connectivity index (χ1v) is 11.6. The van der Waals surface area contributed by atoms with Crippen molar-refractivity contribution in [3.8, 4) is 0 Å². The summed E-state index contributed by atoms with van der Waals surface area (Å²) >= 11 is 0. The molecule has 0 bridgehead atoms. The summed E-state index contributed by atoms with van der Waals surface area (Å²) in [4.78, 5) is 35.3. The molecule has 0 aromatic rings. The smallest absolute Gasteiger partial charge is 0.380 e. The number of ether oxygens (including phenoxy) is 1. The van der Waals surface area contributed by atoms with Gasteiger partial charge in [-0.2, -0.15) is 0 Å². The van der Waals surface area contributed by atoms with Crippen LogP contribution >= 0.6 is 0 Å². The molecule has 1 saturated carbocycles. The van der Waals surface area contributed by atoms with E-state index in [1.54, 1.807) is 6.92 Å². The molecule has 1 aliphatic carbocycles. The Kier molecular flexibility index (Phi) is 12.1. The molecule has 0 radical (unpaired) electrons. The number of esters is 1. The fourth-order valence-corrected chi connectivity index (χ4v) is 4.21. The fourth-order valence-electron chi connectivity index (χ4n) is 4.21. The van der Waals surface area contributed by atoms with Crippen molar-refractivity contribution in [2.45, 2.75) is 97.2 Å². The van der Waals surface area contributed by atoms with E-state index in [4.69, 9.17) is 0 Å². The minimum atomic E-state index is -2.68. The van der Waals surface area contributed by atoms with Crippen molar-refractivity contribution >= 4 is 17.5 Å². The van der Waals surface area contributed by atoms with Crippen LogP contribution in [0.15, 0.2) is 12.2 Å². The third kappa shape index (κ3) is 9.09. The van der Waals surface area contributed by atoms with Gasteiger partial charge in [0, 0.05) is 18.8 Å². The molecule has 0 aromatic heterocycles. The molecular formula is C24H40O6. The molecule has 0 heterocycles. The van der Waals surface area contributed by atoms with Crippen LogP contribution in [0.5, 0.6) is 0 Å². The molecule has 0 saturated heterocycles. The molecule has 1 aliphatic rings. The third-order valence-corrected chi connectivity index (χ3v) is 6.01. The second kappa shape index (κ2) is 13.7. The first-order chi connectivity index (χ1) is 14.2. The van der Waals surface area contributed by atoms with Gasteiger partial charge in [0.15, 0.2) is 0 Å². The Morgan fingerprint density at radius 3 is 2.60 bits per heavy atom. The highest BCUT2D eigenvalue weighted by molar-refractivity contribution is 6.36. The van der Waals surface area contributed by atoms with E-state index < -0.39 is 17.5 Å². The maximum Gasteiger partial charge on any atom is 0.380 e. The molecule has 30 heavy (non-hydrogen) atoms. The first-order valence-electron chi connectivity index (χ1n) is 11.6. The van der Waals surface area contributed by atoms with Crippen LogP contribution in [0.4, 0.5) is 0 Å². The minimum Gasteiger partial charge on any atom is -0.460 e. The van der Waals surface area contributed by atoms with Gasteiger partial charge in [-0.15, -0.1) is 0 Å². The summed E-state index contributed by atoms with van der Waals surface area (Å²) in [6.07, 6.45) is 13.1. The normalized spacial score (nSPS) is 20.6. The number of ketones is 2. The number of allylic oxidation sites excluding steroid dienone is 2. The quantitative estimate of drug-likeness (QED) is 0.135. The lowest BCUT2D eigenvalue weighted by molar-refractivity contribution is -0.193. The highest BCUT2D eigenvalue weighted by atomic mass is 16.6. The van der Waals surface area contributed by atoms with Crippen LogP contribution in [0.1, 0.15) is 91.4 Å². The number of hydrogen-bond donors (Lipinski definition) is 2. The molecule has 0 aliphatic heterocycles. The Balaban J connectivity index is 2.35. The average Bonchev–Trinajstić information content (AvgIpc) is 3.04. The predicted molar refractivity (Wildman–Crippen MR) is 116 cm³/mol. The van der Waals surface area contributed by atoms with Crippen LogP contribution < -0.4 is 0 Å². The minimum absolute atomic E-state index is 0.00342. The van der Waals surface area contributed by atoms with Crippen molar-refractivity contribution in [3.05, 3.63) is 12.2 Å². The van der Waals surface area contributed by atoms with E-state index in [9.17, 15) is 24.6 Å². The van der Waals surface area contributed by atoms with Gasteiger partial charge in [0.05, 0.1) is 6.61 Å². The zero-order chi connectivity index (χ0) is 22.6. The molecule has 2 N–H and O–H groups in total. The maximum absolute atomic E-state index is 12.2. The number of carbonyl (C=O) groups excluding carboxylic acids is 3. The van der Waals surface area contributed by atoms with E-state index in [1.165, 1.54) is 19.3 Å². The van der Waals surface area contributed by atoms with Crippen LogP contribution in [0.2, 0.25) is 0 Å². The number of rotatable bonds is 15. The van der Waals surface area contributed by atoms with Crippen LogP contribution in [0.25, 0.3) is 0 Å². The Morgan fingerprint density at radius 1 is 1.20 bits per heavy atom. The van der Waals surface area contributed by atoms with Crippen LogP contribution in [-0.4, -0.2) is 40.1 Å². The second-order valence-electron chi connectivity index (χ2n) is 8.64. The van der Waals surface area contributed by atoms with Gasteiger partial charge in [0.2, 0.25) is 5.79 Å². The molecule has 0 amide bonds. The van der Waals surface area contributed by atoms with E-state index in [0.717, 1.165) is 31.6 Å². The summed E-state index contributed by atoms with van der Waals surface area (Å²) in [5, 5.41) is 19.6. The SMILES string of the molecule is CCCC(C)CCC=C[C@H]1CCC(=O)[C@@H]1CCCCCC(O)(O)C(=O)C(=O)OCC. The summed E-state index contributed by atoms with van der Waals surface area (Å²) in [6.45, 7) is 6.04. The highest BCUT2D eigenvalue weighted by Crippen LogP contribution is 2.34. The summed E-state index contributed by atoms with van der Waals surface area (Å²) in [7, 11) is 0. The average molecular weight is 425 g/mol. The van der Waals surface area contributed by atoms with Crippen LogP contribution in [0.3, 0.4) is 0 Å². The van der Waals surface area contributed by atoms with Crippen LogP contribution in [0, 0.1) is 17.8 Å². The van der Waals surface area contributed by atoms with E-state index >= 15 is 0 Å². The van der Waals surface area contributed by atoms with Gasteiger partial charge in [-0.25, -0.2) is 4.79 Å². The van der Waals surface area contributed by atoms with E-state index in [0.29, 0.717) is 31.0 Å². The monoisotopic (exact) mass is 424 g/mol. The van der Waals surface area contributed by atoms with Gasteiger partial charge in [-0.1, -0.05) is 51.7 Å².